The van der Waals surface area contributed by atoms with Crippen molar-refractivity contribution in [3.05, 3.63) is 77.4 Å². The van der Waals surface area contributed by atoms with Crippen LogP contribution in [0.1, 0.15) is 34.5 Å². The molecule has 0 spiro atoms. The summed E-state index contributed by atoms with van der Waals surface area (Å²) in [5.41, 5.74) is 3.52. The number of carbonyl (C=O) groups excluding carboxylic acids is 1. The molecule has 3 aromatic rings. The normalized spacial score (nSPS) is 20.6. The number of hydrogen-bond acceptors (Lipinski definition) is 4. The van der Waals surface area contributed by atoms with Crippen molar-refractivity contribution in [2.75, 3.05) is 18.4 Å². The van der Waals surface area contributed by atoms with Crippen LogP contribution in [0.15, 0.2) is 54.6 Å². The van der Waals surface area contributed by atoms with Crippen LogP contribution in [-0.2, 0) is 25.9 Å². The number of nitrogens with zero attached hydrogens (tertiary/aromatic N) is 4. The van der Waals surface area contributed by atoms with Crippen molar-refractivity contribution in [1.82, 2.24) is 19.7 Å². The number of amides is 1. The fourth-order valence-electron chi connectivity index (χ4n) is 4.77. The number of benzene rings is 2. The predicted octanol–water partition coefficient (Wildman–Crippen LogP) is 3.40. The van der Waals surface area contributed by atoms with Gasteiger partial charge in [0, 0.05) is 38.3 Å². The van der Waals surface area contributed by atoms with Crippen molar-refractivity contribution < 1.29 is 4.79 Å². The van der Waals surface area contributed by atoms with E-state index in [1.54, 1.807) is 0 Å². The van der Waals surface area contributed by atoms with Gasteiger partial charge in [-0.05, 0) is 41.5 Å². The Morgan fingerprint density at radius 1 is 0.967 bits per heavy atom. The van der Waals surface area contributed by atoms with Crippen molar-refractivity contribution in [3.8, 4) is 0 Å². The molecule has 0 saturated carbocycles. The van der Waals surface area contributed by atoms with E-state index in [-0.39, 0.29) is 5.91 Å². The lowest BCUT2D eigenvalue weighted by Crippen LogP contribution is -2.31. The molecule has 5 rings (SSSR count). The summed E-state index contributed by atoms with van der Waals surface area (Å²) in [4.78, 5) is 15.3. The molecule has 2 aliphatic rings. The third-order valence-corrected chi connectivity index (χ3v) is 6.41. The highest BCUT2D eigenvalue weighted by Crippen LogP contribution is 2.33. The highest BCUT2D eigenvalue weighted by molar-refractivity contribution is 6.01. The number of nitrogens with one attached hydrogen (secondary N) is 1. The van der Waals surface area contributed by atoms with E-state index in [2.05, 4.69) is 51.6 Å². The highest BCUT2D eigenvalue weighted by Gasteiger charge is 2.39. The average Bonchev–Trinajstić information content (AvgIpc) is 3.36. The molecule has 0 aliphatic carbocycles. The second-order valence-corrected chi connectivity index (χ2v) is 8.46. The zero-order valence-electron chi connectivity index (χ0n) is 17.3. The molecule has 6 heteroatoms. The topological polar surface area (TPSA) is 63.1 Å². The van der Waals surface area contributed by atoms with Crippen LogP contribution in [0.4, 0.5) is 5.69 Å². The molecule has 2 atom stereocenters. The molecule has 0 radical (unpaired) electrons. The maximum Gasteiger partial charge on any atom is 0.293 e. The molecule has 1 amide bonds. The lowest BCUT2D eigenvalue weighted by molar-refractivity contribution is 0.100. The maximum absolute atomic E-state index is 12.8. The Morgan fingerprint density at radius 3 is 2.47 bits per heavy atom. The van der Waals surface area contributed by atoms with Crippen molar-refractivity contribution in [2.24, 2.45) is 11.8 Å². The molecule has 1 N–H and O–H groups in total. The van der Waals surface area contributed by atoms with Gasteiger partial charge in [-0.1, -0.05) is 49.4 Å². The maximum atomic E-state index is 12.8. The van der Waals surface area contributed by atoms with E-state index in [0.717, 1.165) is 50.5 Å². The van der Waals surface area contributed by atoms with Gasteiger partial charge >= 0.3 is 0 Å². The summed E-state index contributed by atoms with van der Waals surface area (Å²) in [6.45, 7) is 6.12. The third-order valence-electron chi connectivity index (χ3n) is 6.41. The first-order valence-electron chi connectivity index (χ1n) is 10.8. The van der Waals surface area contributed by atoms with Crippen LogP contribution in [0.3, 0.4) is 0 Å². The van der Waals surface area contributed by atoms with Gasteiger partial charge in [-0.25, -0.2) is 0 Å². The van der Waals surface area contributed by atoms with Gasteiger partial charge in [-0.2, -0.15) is 0 Å². The number of aromatic nitrogens is 3. The van der Waals surface area contributed by atoms with Gasteiger partial charge < -0.3 is 9.88 Å². The van der Waals surface area contributed by atoms with E-state index in [0.29, 0.717) is 17.7 Å². The number of aryl methyl sites for hydroxylation is 1. The molecular weight excluding hydrogens is 374 g/mol. The molecule has 3 heterocycles. The number of para-hydroxylation sites is 1. The number of carbonyl (C=O) groups is 1. The van der Waals surface area contributed by atoms with E-state index in [1.807, 2.05) is 34.9 Å². The Hall–Kier alpha value is -2.99. The smallest absolute Gasteiger partial charge is 0.293 e. The zero-order chi connectivity index (χ0) is 20.5. The van der Waals surface area contributed by atoms with Gasteiger partial charge in [0.25, 0.3) is 5.91 Å². The predicted molar refractivity (Wildman–Crippen MR) is 116 cm³/mol. The van der Waals surface area contributed by atoms with E-state index in [9.17, 15) is 4.79 Å². The summed E-state index contributed by atoms with van der Waals surface area (Å²) in [5, 5.41) is 11.5. The van der Waals surface area contributed by atoms with Crippen LogP contribution in [-0.4, -0.2) is 38.7 Å². The first-order chi connectivity index (χ1) is 14.7. The molecule has 154 valence electrons. The molecule has 6 nitrogen and oxygen atoms in total. The molecule has 2 aliphatic heterocycles. The lowest BCUT2D eigenvalue weighted by atomic mass is 9.89. The van der Waals surface area contributed by atoms with E-state index in [1.165, 1.54) is 11.1 Å². The second-order valence-electron chi connectivity index (χ2n) is 8.46. The van der Waals surface area contributed by atoms with Crippen LogP contribution in [0, 0.1) is 11.8 Å². The summed E-state index contributed by atoms with van der Waals surface area (Å²) in [6, 6.07) is 18.5. The number of anilines is 1. The standard InChI is InChI=1S/C24H27N5O/c1-2-17-8-10-18(11-9-17)13-28-14-19-12-22-26-27-23(29(22)16-20(19)15-28)24(30)25-21-6-4-3-5-7-21/h3-11,19-20H,2,12-16H2,1H3,(H,25,30)/t19-,20+/m0/s1. The van der Waals surface area contributed by atoms with Crippen LogP contribution in [0.2, 0.25) is 0 Å². The molecule has 1 saturated heterocycles. The Bertz CT molecular complexity index is 1030. The van der Waals surface area contributed by atoms with Gasteiger partial charge in [0.2, 0.25) is 5.82 Å². The van der Waals surface area contributed by atoms with Crippen molar-refractivity contribution in [2.45, 2.75) is 32.9 Å². The van der Waals surface area contributed by atoms with Crippen molar-refractivity contribution in [3.63, 3.8) is 0 Å². The number of hydrogen-bond donors (Lipinski definition) is 1. The fourth-order valence-corrected chi connectivity index (χ4v) is 4.77. The highest BCUT2D eigenvalue weighted by atomic mass is 16.2. The number of likely N-dealkylation sites (tertiary alicyclic amines) is 1. The summed E-state index contributed by atoms with van der Waals surface area (Å²) >= 11 is 0. The van der Waals surface area contributed by atoms with Gasteiger partial charge in [0.1, 0.15) is 5.82 Å². The SMILES string of the molecule is CCc1ccc(CN2C[C@@H]3Cn4c(nnc4C(=O)Nc4ccccc4)C[C@H]3C2)cc1. The Balaban J connectivity index is 1.26. The lowest BCUT2D eigenvalue weighted by Gasteiger charge is -2.25. The first kappa shape index (κ1) is 19.0. The molecule has 1 fully saturated rings. The minimum Gasteiger partial charge on any atom is -0.319 e. The Morgan fingerprint density at radius 2 is 1.70 bits per heavy atom. The fraction of sp³-hybridized carbons (Fsp3) is 0.375. The Labute approximate surface area is 176 Å². The quantitative estimate of drug-likeness (QED) is 0.712. The second kappa shape index (κ2) is 8.03. The Kier molecular flexibility index (Phi) is 5.09. The first-order valence-corrected chi connectivity index (χ1v) is 10.8. The third kappa shape index (κ3) is 3.75. The van der Waals surface area contributed by atoms with Crippen LogP contribution >= 0.6 is 0 Å². The monoisotopic (exact) mass is 401 g/mol. The van der Waals surface area contributed by atoms with E-state index in [4.69, 9.17) is 0 Å². The van der Waals surface area contributed by atoms with E-state index >= 15 is 0 Å². The minimum atomic E-state index is -0.190. The van der Waals surface area contributed by atoms with Crippen LogP contribution in [0.5, 0.6) is 0 Å². The number of fused-ring (bicyclic) bond motifs is 2. The average molecular weight is 402 g/mol. The van der Waals surface area contributed by atoms with Crippen LogP contribution in [0.25, 0.3) is 0 Å². The largest absolute Gasteiger partial charge is 0.319 e. The van der Waals surface area contributed by atoms with Gasteiger partial charge in [-0.3, -0.25) is 9.69 Å². The summed E-state index contributed by atoms with van der Waals surface area (Å²) in [6.07, 6.45) is 1.97. The van der Waals surface area contributed by atoms with Crippen molar-refractivity contribution >= 4 is 11.6 Å². The van der Waals surface area contributed by atoms with E-state index < -0.39 is 0 Å². The summed E-state index contributed by atoms with van der Waals surface area (Å²) in [7, 11) is 0. The van der Waals surface area contributed by atoms with Gasteiger partial charge in [0.15, 0.2) is 0 Å². The molecule has 0 unspecified atom stereocenters. The zero-order valence-corrected chi connectivity index (χ0v) is 17.3. The molecule has 30 heavy (non-hydrogen) atoms. The summed E-state index contributed by atoms with van der Waals surface area (Å²) < 4.78 is 2.03. The minimum absolute atomic E-state index is 0.190. The van der Waals surface area contributed by atoms with Crippen molar-refractivity contribution in [1.29, 1.82) is 0 Å². The number of rotatable bonds is 5. The molecule has 0 bridgehead atoms. The van der Waals surface area contributed by atoms with Crippen LogP contribution < -0.4 is 5.32 Å². The molecule has 1 aromatic heterocycles. The van der Waals surface area contributed by atoms with Gasteiger partial charge in [-0.15, -0.1) is 10.2 Å². The molecule has 2 aromatic carbocycles. The molecular formula is C24H27N5O. The summed E-state index contributed by atoms with van der Waals surface area (Å²) in [5.74, 6) is 2.28. The van der Waals surface area contributed by atoms with Gasteiger partial charge in [0.05, 0.1) is 0 Å².